The highest BCUT2D eigenvalue weighted by Gasteiger charge is 2.26. The van der Waals surface area contributed by atoms with E-state index in [1.54, 1.807) is 30.3 Å². The van der Waals surface area contributed by atoms with Crippen molar-refractivity contribution in [1.82, 2.24) is 14.9 Å². The van der Waals surface area contributed by atoms with Crippen LogP contribution in [0.3, 0.4) is 0 Å². The van der Waals surface area contributed by atoms with E-state index < -0.39 is 10.0 Å². The summed E-state index contributed by atoms with van der Waals surface area (Å²) in [5.41, 5.74) is 1.01. The van der Waals surface area contributed by atoms with Crippen LogP contribution in [0.4, 0.5) is 0 Å². The Labute approximate surface area is 183 Å². The molecular weight excluding hydrogens is 414 g/mol. The summed E-state index contributed by atoms with van der Waals surface area (Å²) < 4.78 is 27.4. The van der Waals surface area contributed by atoms with E-state index >= 15 is 0 Å². The third-order valence-electron chi connectivity index (χ3n) is 5.42. The largest absolute Gasteiger partial charge is 0.356 e. The molecule has 2 aromatic rings. The highest BCUT2D eigenvalue weighted by molar-refractivity contribution is 7.89. The lowest BCUT2D eigenvalue weighted by molar-refractivity contribution is -0.126. The molecule has 0 saturated carbocycles. The predicted octanol–water partition coefficient (Wildman–Crippen LogP) is 2.30. The summed E-state index contributed by atoms with van der Waals surface area (Å²) in [7, 11) is -3.70. The molecule has 166 valence electrons. The predicted molar refractivity (Wildman–Crippen MR) is 118 cm³/mol. The average Bonchev–Trinajstić information content (AvgIpc) is 2.83. The lowest BCUT2D eigenvalue weighted by Gasteiger charge is -2.22. The van der Waals surface area contributed by atoms with E-state index in [4.69, 9.17) is 0 Å². The Hall–Kier alpha value is -2.71. The molecule has 1 aliphatic rings. The number of nitrogens with zero attached hydrogens (tertiary/aromatic N) is 1. The maximum atomic E-state index is 13.0. The number of carbonyl (C=O) groups excluding carboxylic acids is 2. The second-order valence-corrected chi connectivity index (χ2v) is 9.59. The van der Waals surface area contributed by atoms with Crippen molar-refractivity contribution in [2.24, 2.45) is 5.92 Å². The first-order valence-electron chi connectivity index (χ1n) is 10.6. The summed E-state index contributed by atoms with van der Waals surface area (Å²) in [4.78, 5) is 25.1. The molecule has 0 bridgehead atoms. The number of hydrogen-bond donors (Lipinski definition) is 2. The van der Waals surface area contributed by atoms with Crippen molar-refractivity contribution in [3.63, 3.8) is 0 Å². The molecule has 0 aliphatic carbocycles. The van der Waals surface area contributed by atoms with Gasteiger partial charge in [0, 0.05) is 38.5 Å². The van der Waals surface area contributed by atoms with Crippen molar-refractivity contribution in [3.8, 4) is 0 Å². The standard InChI is InChI=1S/C23H29N3O4S/c27-22-14-17-26(31(29,30)21-11-5-2-6-12-21)16-7-10-20(13-15-24-22)23(28)25-18-19-8-3-1-4-9-19/h1-6,8-9,11-12,20H,7,10,13-18H2,(H,24,27)(H,25,28). The summed E-state index contributed by atoms with van der Waals surface area (Å²) in [6.07, 6.45) is 1.72. The summed E-state index contributed by atoms with van der Waals surface area (Å²) in [5, 5.41) is 5.77. The molecule has 2 amide bonds. The molecule has 3 rings (SSSR count). The van der Waals surface area contributed by atoms with Crippen molar-refractivity contribution < 1.29 is 18.0 Å². The van der Waals surface area contributed by atoms with Gasteiger partial charge in [0.05, 0.1) is 4.90 Å². The van der Waals surface area contributed by atoms with Crippen LogP contribution >= 0.6 is 0 Å². The average molecular weight is 444 g/mol. The Morgan fingerprint density at radius 3 is 2.39 bits per heavy atom. The van der Waals surface area contributed by atoms with Gasteiger partial charge in [-0.1, -0.05) is 48.5 Å². The SMILES string of the molecule is O=C1CCN(S(=O)(=O)c2ccccc2)CCCC(C(=O)NCc2ccccc2)CCN1. The number of nitrogens with one attached hydrogen (secondary N) is 2. The maximum Gasteiger partial charge on any atom is 0.243 e. The first-order chi connectivity index (χ1) is 15.0. The fraction of sp³-hybridized carbons (Fsp3) is 0.391. The van der Waals surface area contributed by atoms with Crippen LogP contribution in [0.15, 0.2) is 65.6 Å². The van der Waals surface area contributed by atoms with E-state index in [0.717, 1.165) is 5.56 Å². The molecule has 1 heterocycles. The number of sulfonamides is 1. The molecule has 0 radical (unpaired) electrons. The minimum absolute atomic E-state index is 0.0742. The van der Waals surface area contributed by atoms with Crippen LogP contribution in [0.1, 0.15) is 31.2 Å². The molecule has 2 aromatic carbocycles. The van der Waals surface area contributed by atoms with E-state index in [1.807, 2.05) is 30.3 Å². The normalized spacial score (nSPS) is 19.1. The van der Waals surface area contributed by atoms with Gasteiger partial charge in [-0.05, 0) is 37.0 Å². The second-order valence-electron chi connectivity index (χ2n) is 7.65. The Morgan fingerprint density at radius 2 is 1.68 bits per heavy atom. The van der Waals surface area contributed by atoms with Gasteiger partial charge in [0.1, 0.15) is 0 Å². The summed E-state index contributed by atoms with van der Waals surface area (Å²) in [6.45, 7) is 1.23. The first-order valence-corrected chi connectivity index (χ1v) is 12.0. The van der Waals surface area contributed by atoms with Crippen LogP contribution in [0.2, 0.25) is 0 Å². The molecule has 7 nitrogen and oxygen atoms in total. The fourth-order valence-corrected chi connectivity index (χ4v) is 5.14. The zero-order valence-electron chi connectivity index (χ0n) is 17.5. The van der Waals surface area contributed by atoms with E-state index in [9.17, 15) is 18.0 Å². The number of carbonyl (C=O) groups is 2. The Kier molecular flexibility index (Phi) is 8.20. The van der Waals surface area contributed by atoms with Gasteiger partial charge in [0.25, 0.3) is 0 Å². The Balaban J connectivity index is 1.66. The number of benzene rings is 2. The third-order valence-corrected chi connectivity index (χ3v) is 7.34. The number of hydrogen-bond acceptors (Lipinski definition) is 4. The Morgan fingerprint density at radius 1 is 1.00 bits per heavy atom. The van der Waals surface area contributed by atoms with Crippen LogP contribution in [-0.4, -0.2) is 44.2 Å². The minimum atomic E-state index is -3.70. The summed E-state index contributed by atoms with van der Waals surface area (Å²) >= 11 is 0. The van der Waals surface area contributed by atoms with Crippen LogP contribution < -0.4 is 10.6 Å². The van der Waals surface area contributed by atoms with Gasteiger partial charge in [-0.3, -0.25) is 9.59 Å². The van der Waals surface area contributed by atoms with Gasteiger partial charge in [-0.15, -0.1) is 0 Å². The van der Waals surface area contributed by atoms with Gasteiger partial charge in [-0.25, -0.2) is 8.42 Å². The molecule has 8 heteroatoms. The summed E-state index contributed by atoms with van der Waals surface area (Å²) in [6, 6.07) is 17.9. The van der Waals surface area contributed by atoms with Crippen LogP contribution in [0.5, 0.6) is 0 Å². The Bertz CT molecular complexity index is 965. The molecule has 1 atom stereocenters. The molecule has 1 saturated heterocycles. The van der Waals surface area contributed by atoms with Gasteiger partial charge >= 0.3 is 0 Å². The molecule has 1 fully saturated rings. The zero-order chi connectivity index (χ0) is 22.1. The second kappa shape index (κ2) is 11.1. The number of rotatable bonds is 5. The lowest BCUT2D eigenvalue weighted by atomic mass is 9.98. The monoisotopic (exact) mass is 443 g/mol. The lowest BCUT2D eigenvalue weighted by Crippen LogP contribution is -2.35. The van der Waals surface area contributed by atoms with E-state index in [1.165, 1.54) is 4.31 Å². The summed E-state index contributed by atoms with van der Waals surface area (Å²) in [5.74, 6) is -0.572. The smallest absolute Gasteiger partial charge is 0.243 e. The van der Waals surface area contributed by atoms with Crippen molar-refractivity contribution in [2.45, 2.75) is 37.1 Å². The van der Waals surface area contributed by atoms with E-state index in [2.05, 4.69) is 10.6 Å². The van der Waals surface area contributed by atoms with Crippen molar-refractivity contribution >= 4 is 21.8 Å². The molecular formula is C23H29N3O4S. The highest BCUT2D eigenvalue weighted by atomic mass is 32.2. The molecule has 1 unspecified atom stereocenters. The molecule has 31 heavy (non-hydrogen) atoms. The van der Waals surface area contributed by atoms with Crippen molar-refractivity contribution in [2.75, 3.05) is 19.6 Å². The zero-order valence-corrected chi connectivity index (χ0v) is 18.3. The van der Waals surface area contributed by atoms with Gasteiger partial charge in [0.2, 0.25) is 21.8 Å². The number of amides is 2. The van der Waals surface area contributed by atoms with Crippen LogP contribution in [-0.2, 0) is 26.2 Å². The van der Waals surface area contributed by atoms with Crippen molar-refractivity contribution in [3.05, 3.63) is 66.2 Å². The minimum Gasteiger partial charge on any atom is -0.356 e. The van der Waals surface area contributed by atoms with Gasteiger partial charge in [-0.2, -0.15) is 4.31 Å². The molecule has 0 aromatic heterocycles. The van der Waals surface area contributed by atoms with Gasteiger partial charge in [0.15, 0.2) is 0 Å². The third kappa shape index (κ3) is 6.63. The van der Waals surface area contributed by atoms with E-state index in [-0.39, 0.29) is 42.1 Å². The topological polar surface area (TPSA) is 95.6 Å². The quantitative estimate of drug-likeness (QED) is 0.741. The fourth-order valence-electron chi connectivity index (χ4n) is 3.64. The van der Waals surface area contributed by atoms with E-state index in [0.29, 0.717) is 32.4 Å². The van der Waals surface area contributed by atoms with Crippen LogP contribution in [0.25, 0.3) is 0 Å². The highest BCUT2D eigenvalue weighted by Crippen LogP contribution is 2.19. The molecule has 1 aliphatic heterocycles. The van der Waals surface area contributed by atoms with Crippen LogP contribution in [0, 0.1) is 5.92 Å². The van der Waals surface area contributed by atoms with Gasteiger partial charge < -0.3 is 10.6 Å². The van der Waals surface area contributed by atoms with Crippen molar-refractivity contribution in [1.29, 1.82) is 0 Å². The first kappa shape index (κ1) is 23.0. The maximum absolute atomic E-state index is 13.0. The molecule has 0 spiro atoms. The molecule has 2 N–H and O–H groups in total.